The number of benzene rings is 6. The van der Waals surface area contributed by atoms with Gasteiger partial charge in [0.1, 0.15) is 11.2 Å². The smallest absolute Gasteiger partial charge is 0.137 e. The molecule has 0 bridgehead atoms. The fourth-order valence-corrected chi connectivity index (χ4v) is 6.44. The van der Waals surface area contributed by atoms with Crippen LogP contribution in [-0.4, -0.2) is 0 Å². The molecule has 0 saturated heterocycles. The van der Waals surface area contributed by atoms with Gasteiger partial charge in [0.2, 0.25) is 0 Å². The molecule has 186 valence electrons. The zero-order valence-electron chi connectivity index (χ0n) is 22.0. The van der Waals surface area contributed by atoms with Gasteiger partial charge in [-0.05, 0) is 80.6 Å². The van der Waals surface area contributed by atoms with E-state index in [0.717, 1.165) is 33.3 Å². The first-order chi connectivity index (χ1) is 19.1. The van der Waals surface area contributed by atoms with Gasteiger partial charge in [-0.3, -0.25) is 0 Å². The highest BCUT2D eigenvalue weighted by atomic mass is 16.3. The number of rotatable bonds is 3. The zero-order chi connectivity index (χ0) is 26.1. The van der Waals surface area contributed by atoms with E-state index in [0.29, 0.717) is 0 Å². The van der Waals surface area contributed by atoms with Crippen molar-refractivity contribution in [3.05, 3.63) is 132 Å². The van der Waals surface area contributed by atoms with Gasteiger partial charge in [0.25, 0.3) is 0 Å². The molecule has 39 heavy (non-hydrogen) atoms. The summed E-state index contributed by atoms with van der Waals surface area (Å²) in [5.41, 5.74) is 11.7. The van der Waals surface area contributed by atoms with Crippen LogP contribution in [0, 0.1) is 0 Å². The van der Waals surface area contributed by atoms with Crippen molar-refractivity contribution in [3.8, 4) is 22.3 Å². The van der Waals surface area contributed by atoms with Crippen molar-refractivity contribution >= 4 is 44.1 Å². The Labute approximate surface area is 227 Å². The molecule has 0 saturated carbocycles. The first kappa shape index (κ1) is 22.2. The molecule has 0 atom stereocenters. The fourth-order valence-electron chi connectivity index (χ4n) is 6.44. The van der Waals surface area contributed by atoms with E-state index in [-0.39, 0.29) is 5.41 Å². The molecule has 0 spiro atoms. The topological polar surface area (TPSA) is 25.2 Å². The number of hydrogen-bond acceptors (Lipinski definition) is 2. The summed E-state index contributed by atoms with van der Waals surface area (Å²) >= 11 is 0. The van der Waals surface area contributed by atoms with Crippen LogP contribution in [0.3, 0.4) is 0 Å². The molecule has 1 aliphatic carbocycles. The Kier molecular flexibility index (Phi) is 4.60. The summed E-state index contributed by atoms with van der Waals surface area (Å²) in [6, 6.07) is 43.5. The fraction of sp³-hybridized carbons (Fsp3) is 0.0811. The Balaban J connectivity index is 1.32. The largest absolute Gasteiger partial charge is 0.456 e. The average Bonchev–Trinajstić information content (AvgIpc) is 3.44. The summed E-state index contributed by atoms with van der Waals surface area (Å²) in [4.78, 5) is 0. The molecule has 1 heterocycles. The van der Waals surface area contributed by atoms with Crippen LogP contribution in [0.5, 0.6) is 0 Å². The zero-order valence-corrected chi connectivity index (χ0v) is 22.0. The third kappa shape index (κ3) is 3.35. The molecule has 1 N–H and O–H groups in total. The van der Waals surface area contributed by atoms with Gasteiger partial charge in [0.05, 0.1) is 0 Å². The molecule has 0 unspecified atom stereocenters. The van der Waals surface area contributed by atoms with E-state index in [1.807, 2.05) is 12.1 Å². The van der Waals surface area contributed by atoms with Crippen LogP contribution in [0.4, 0.5) is 11.4 Å². The highest BCUT2D eigenvalue weighted by molar-refractivity contribution is 6.06. The van der Waals surface area contributed by atoms with E-state index < -0.39 is 0 Å². The number of para-hydroxylation sites is 1. The lowest BCUT2D eigenvalue weighted by Crippen LogP contribution is -2.15. The lowest BCUT2D eigenvalue weighted by atomic mass is 9.81. The predicted molar refractivity (Wildman–Crippen MR) is 164 cm³/mol. The number of fused-ring (bicyclic) bond motifs is 7. The minimum absolute atomic E-state index is 0.0993. The van der Waals surface area contributed by atoms with Crippen LogP contribution in [0.25, 0.3) is 55.0 Å². The van der Waals surface area contributed by atoms with Gasteiger partial charge in [0.15, 0.2) is 0 Å². The van der Waals surface area contributed by atoms with E-state index in [1.165, 1.54) is 44.2 Å². The van der Waals surface area contributed by atoms with Crippen molar-refractivity contribution in [3.63, 3.8) is 0 Å². The standard InChI is InChI=1S/C37H27NO/c1-37(2)32-13-7-5-12-30(32)36-31(25-16-15-23-9-3-4-10-24(23)19-25)20-27(21-33(36)37)38-26-17-18-29-28-11-6-8-14-34(28)39-35(29)22-26/h3-22,38H,1-2H3. The van der Waals surface area contributed by atoms with Crippen LogP contribution in [0.1, 0.15) is 25.0 Å². The predicted octanol–water partition coefficient (Wildman–Crippen LogP) is 10.5. The van der Waals surface area contributed by atoms with E-state index in [1.54, 1.807) is 0 Å². The van der Waals surface area contributed by atoms with Crippen molar-refractivity contribution in [1.82, 2.24) is 0 Å². The SMILES string of the molecule is CC1(C)c2ccccc2-c2c(-c3ccc4ccccc4c3)cc(Nc3ccc4c(c3)oc3ccccc34)cc21. The van der Waals surface area contributed by atoms with Gasteiger partial charge in [-0.15, -0.1) is 0 Å². The van der Waals surface area contributed by atoms with Crippen molar-refractivity contribution in [2.75, 3.05) is 5.32 Å². The third-order valence-electron chi connectivity index (χ3n) is 8.41. The summed E-state index contributed by atoms with van der Waals surface area (Å²) in [5.74, 6) is 0. The molecule has 0 aliphatic heterocycles. The molecular formula is C37H27NO. The van der Waals surface area contributed by atoms with Crippen LogP contribution in [0.15, 0.2) is 126 Å². The molecular weight excluding hydrogens is 474 g/mol. The summed E-state index contributed by atoms with van der Waals surface area (Å²) in [6.07, 6.45) is 0. The Morgan fingerprint density at radius 3 is 2.23 bits per heavy atom. The molecule has 1 aliphatic rings. The molecule has 2 heteroatoms. The first-order valence-corrected chi connectivity index (χ1v) is 13.5. The van der Waals surface area contributed by atoms with E-state index >= 15 is 0 Å². The van der Waals surface area contributed by atoms with Gasteiger partial charge in [-0.2, -0.15) is 0 Å². The van der Waals surface area contributed by atoms with Crippen molar-refractivity contribution < 1.29 is 4.42 Å². The molecule has 0 fully saturated rings. The number of nitrogens with one attached hydrogen (secondary N) is 1. The summed E-state index contributed by atoms with van der Waals surface area (Å²) in [7, 11) is 0. The first-order valence-electron chi connectivity index (χ1n) is 13.5. The molecule has 0 amide bonds. The van der Waals surface area contributed by atoms with Gasteiger partial charge in [-0.25, -0.2) is 0 Å². The lowest BCUT2D eigenvalue weighted by molar-refractivity contribution is 0.660. The van der Waals surface area contributed by atoms with Gasteiger partial charge >= 0.3 is 0 Å². The Morgan fingerprint density at radius 1 is 0.538 bits per heavy atom. The minimum Gasteiger partial charge on any atom is -0.456 e. The Morgan fingerprint density at radius 2 is 1.31 bits per heavy atom. The van der Waals surface area contributed by atoms with E-state index in [2.05, 4.69) is 128 Å². The summed E-state index contributed by atoms with van der Waals surface area (Å²) < 4.78 is 6.17. The van der Waals surface area contributed by atoms with E-state index in [9.17, 15) is 0 Å². The van der Waals surface area contributed by atoms with Crippen LogP contribution in [-0.2, 0) is 5.41 Å². The maximum absolute atomic E-state index is 6.17. The molecule has 8 rings (SSSR count). The Hall–Kier alpha value is -4.82. The van der Waals surface area contributed by atoms with Crippen molar-refractivity contribution in [2.45, 2.75) is 19.3 Å². The van der Waals surface area contributed by atoms with Gasteiger partial charge in [0, 0.05) is 33.6 Å². The van der Waals surface area contributed by atoms with Crippen LogP contribution < -0.4 is 5.32 Å². The summed E-state index contributed by atoms with van der Waals surface area (Å²) in [5, 5.41) is 8.52. The number of anilines is 2. The number of hydrogen-bond donors (Lipinski definition) is 1. The quantitative estimate of drug-likeness (QED) is 0.260. The Bertz CT molecular complexity index is 2080. The molecule has 2 nitrogen and oxygen atoms in total. The van der Waals surface area contributed by atoms with E-state index in [4.69, 9.17) is 4.42 Å². The maximum Gasteiger partial charge on any atom is 0.137 e. The molecule has 1 aromatic heterocycles. The van der Waals surface area contributed by atoms with Crippen LogP contribution >= 0.6 is 0 Å². The van der Waals surface area contributed by atoms with Crippen molar-refractivity contribution in [2.24, 2.45) is 0 Å². The van der Waals surface area contributed by atoms with Gasteiger partial charge in [-0.1, -0.05) is 92.7 Å². The number of furan rings is 1. The highest BCUT2D eigenvalue weighted by Gasteiger charge is 2.37. The lowest BCUT2D eigenvalue weighted by Gasteiger charge is -2.23. The molecule has 0 radical (unpaired) electrons. The van der Waals surface area contributed by atoms with Crippen molar-refractivity contribution in [1.29, 1.82) is 0 Å². The minimum atomic E-state index is -0.0993. The maximum atomic E-state index is 6.17. The average molecular weight is 502 g/mol. The third-order valence-corrected chi connectivity index (χ3v) is 8.41. The molecule has 6 aromatic carbocycles. The second-order valence-corrected chi connectivity index (χ2v) is 11.1. The second-order valence-electron chi connectivity index (χ2n) is 11.1. The summed E-state index contributed by atoms with van der Waals surface area (Å²) in [6.45, 7) is 4.68. The molecule has 7 aromatic rings. The normalized spacial score (nSPS) is 13.6. The monoisotopic (exact) mass is 501 g/mol. The highest BCUT2D eigenvalue weighted by Crippen LogP contribution is 2.53. The van der Waals surface area contributed by atoms with Crippen LogP contribution in [0.2, 0.25) is 0 Å². The van der Waals surface area contributed by atoms with Gasteiger partial charge < -0.3 is 9.73 Å². The second kappa shape index (κ2) is 8.09.